The summed E-state index contributed by atoms with van der Waals surface area (Å²) in [5, 5.41) is 0. The maximum Gasteiger partial charge on any atom is 0.333 e. The highest BCUT2D eigenvalue weighted by Gasteiger charge is 2.60. The summed E-state index contributed by atoms with van der Waals surface area (Å²) in [4.78, 5) is 42.8. The summed E-state index contributed by atoms with van der Waals surface area (Å²) in [6.07, 6.45) is 1.66. The Labute approximate surface area is 185 Å². The highest BCUT2D eigenvalue weighted by atomic mass is 32.2. The number of piperidine rings is 1. The van der Waals surface area contributed by atoms with E-state index in [1.54, 1.807) is 23.9 Å². The van der Waals surface area contributed by atoms with Crippen molar-refractivity contribution in [3.63, 3.8) is 0 Å². The lowest BCUT2D eigenvalue weighted by Gasteiger charge is -2.43. The van der Waals surface area contributed by atoms with Gasteiger partial charge in [0.2, 0.25) is 5.91 Å². The van der Waals surface area contributed by atoms with E-state index in [1.165, 1.54) is 4.90 Å². The fourth-order valence-electron chi connectivity index (χ4n) is 4.80. The SMILES string of the molecule is NC(=O)c1ccc(CN2CCC3(CC2)SCC2C(=O)N(c4ccccc4)C(=O)N23)cc1. The zero-order chi connectivity index (χ0) is 21.6. The van der Waals surface area contributed by atoms with Crippen molar-refractivity contribution in [2.24, 2.45) is 5.73 Å². The number of fused-ring (bicyclic) bond motifs is 2. The molecule has 5 rings (SSSR count). The molecule has 0 bridgehead atoms. The van der Waals surface area contributed by atoms with Crippen molar-refractivity contribution in [3.05, 3.63) is 65.7 Å². The van der Waals surface area contributed by atoms with Gasteiger partial charge in [0.15, 0.2) is 0 Å². The monoisotopic (exact) mass is 436 g/mol. The summed E-state index contributed by atoms with van der Waals surface area (Å²) >= 11 is 1.76. The van der Waals surface area contributed by atoms with Crippen LogP contribution in [0.4, 0.5) is 10.5 Å². The van der Waals surface area contributed by atoms with Gasteiger partial charge < -0.3 is 5.73 Å². The molecule has 1 atom stereocenters. The lowest BCUT2D eigenvalue weighted by Crippen LogP contribution is -2.53. The van der Waals surface area contributed by atoms with Crippen molar-refractivity contribution in [1.82, 2.24) is 9.80 Å². The molecule has 2 aromatic carbocycles. The molecule has 3 saturated heterocycles. The summed E-state index contributed by atoms with van der Waals surface area (Å²) in [6.45, 7) is 2.48. The second kappa shape index (κ2) is 7.69. The molecule has 0 saturated carbocycles. The molecular formula is C23H24N4O3S. The minimum absolute atomic E-state index is 0.113. The molecule has 1 unspecified atom stereocenters. The zero-order valence-electron chi connectivity index (χ0n) is 17.1. The van der Waals surface area contributed by atoms with Crippen LogP contribution in [0.5, 0.6) is 0 Å². The summed E-state index contributed by atoms with van der Waals surface area (Å²) in [6, 6.07) is 16.0. The zero-order valence-corrected chi connectivity index (χ0v) is 17.9. The molecule has 0 aliphatic carbocycles. The van der Waals surface area contributed by atoms with Crippen molar-refractivity contribution >= 4 is 35.3 Å². The van der Waals surface area contributed by atoms with Gasteiger partial charge in [0, 0.05) is 31.0 Å². The molecule has 31 heavy (non-hydrogen) atoms. The van der Waals surface area contributed by atoms with Crippen LogP contribution < -0.4 is 10.6 Å². The average molecular weight is 437 g/mol. The van der Waals surface area contributed by atoms with E-state index in [1.807, 2.05) is 47.4 Å². The molecule has 8 heteroatoms. The Balaban J connectivity index is 1.28. The largest absolute Gasteiger partial charge is 0.366 e. The number of primary amides is 1. The molecule has 3 heterocycles. The van der Waals surface area contributed by atoms with E-state index in [0.717, 1.165) is 38.0 Å². The van der Waals surface area contributed by atoms with E-state index >= 15 is 0 Å². The third-order valence-corrected chi connectivity index (χ3v) is 8.08. The molecule has 2 aromatic rings. The third-order valence-electron chi connectivity index (χ3n) is 6.46. The lowest BCUT2D eigenvalue weighted by molar-refractivity contribution is -0.119. The summed E-state index contributed by atoms with van der Waals surface area (Å²) in [7, 11) is 0. The van der Waals surface area contributed by atoms with Crippen molar-refractivity contribution < 1.29 is 14.4 Å². The van der Waals surface area contributed by atoms with Crippen LogP contribution in [0.25, 0.3) is 0 Å². The predicted molar refractivity (Wildman–Crippen MR) is 120 cm³/mol. The second-order valence-corrected chi connectivity index (χ2v) is 9.65. The number of hydrogen-bond acceptors (Lipinski definition) is 5. The number of rotatable bonds is 4. The molecule has 0 aromatic heterocycles. The van der Waals surface area contributed by atoms with Crippen molar-refractivity contribution in [2.45, 2.75) is 30.3 Å². The Morgan fingerprint density at radius 2 is 1.71 bits per heavy atom. The third kappa shape index (κ3) is 3.40. The van der Waals surface area contributed by atoms with Crippen LogP contribution in [0.3, 0.4) is 0 Å². The van der Waals surface area contributed by atoms with Crippen LogP contribution in [0, 0.1) is 0 Å². The number of likely N-dealkylation sites (tertiary alicyclic amines) is 1. The van der Waals surface area contributed by atoms with Gasteiger partial charge in [0.25, 0.3) is 5.91 Å². The van der Waals surface area contributed by atoms with E-state index in [2.05, 4.69) is 4.90 Å². The van der Waals surface area contributed by atoms with Gasteiger partial charge in [-0.2, -0.15) is 0 Å². The van der Waals surface area contributed by atoms with E-state index < -0.39 is 5.91 Å². The quantitative estimate of drug-likeness (QED) is 0.745. The highest BCUT2D eigenvalue weighted by Crippen LogP contribution is 2.50. The minimum atomic E-state index is -0.423. The van der Waals surface area contributed by atoms with Crippen molar-refractivity contribution in [2.75, 3.05) is 23.7 Å². The number of carbonyl (C=O) groups excluding carboxylic acids is 3. The predicted octanol–water partition coefficient (Wildman–Crippen LogP) is 2.66. The standard InChI is InChI=1S/C23H24N4O3S/c24-20(28)17-8-6-16(7-9-17)14-25-12-10-23(11-13-25)27-19(15-31-23)21(29)26(22(27)30)18-4-2-1-3-5-18/h1-9,19H,10-15H2,(H2,24,28). The van der Waals surface area contributed by atoms with Crippen LogP contribution >= 0.6 is 11.8 Å². The fourth-order valence-corrected chi connectivity index (χ4v) is 6.37. The Kier molecular flexibility index (Phi) is 4.98. The Bertz CT molecular complexity index is 1020. The number of benzene rings is 2. The van der Waals surface area contributed by atoms with Gasteiger partial charge >= 0.3 is 6.03 Å². The first-order chi connectivity index (χ1) is 15.0. The summed E-state index contributed by atoms with van der Waals surface area (Å²) in [5.41, 5.74) is 7.59. The van der Waals surface area contributed by atoms with Crippen LogP contribution in [0.1, 0.15) is 28.8 Å². The van der Waals surface area contributed by atoms with Gasteiger partial charge in [-0.1, -0.05) is 30.3 Å². The second-order valence-electron chi connectivity index (χ2n) is 8.27. The number of thioether (sulfide) groups is 1. The first-order valence-corrected chi connectivity index (χ1v) is 11.4. The molecule has 7 nitrogen and oxygen atoms in total. The first-order valence-electron chi connectivity index (χ1n) is 10.5. The number of para-hydroxylation sites is 1. The normalized spacial score (nSPS) is 22.9. The summed E-state index contributed by atoms with van der Waals surface area (Å²) < 4.78 is 0. The summed E-state index contributed by atoms with van der Waals surface area (Å²) in [5.74, 6) is 0.119. The number of nitrogens with two attached hydrogens (primary N) is 1. The molecule has 160 valence electrons. The number of anilines is 1. The van der Waals surface area contributed by atoms with Gasteiger partial charge in [0.1, 0.15) is 6.04 Å². The van der Waals surface area contributed by atoms with Crippen LogP contribution in [0.15, 0.2) is 54.6 Å². The van der Waals surface area contributed by atoms with Crippen molar-refractivity contribution in [1.29, 1.82) is 0 Å². The maximum atomic E-state index is 13.3. The molecular weight excluding hydrogens is 412 g/mol. The van der Waals surface area contributed by atoms with Gasteiger partial charge in [-0.3, -0.25) is 19.4 Å². The van der Waals surface area contributed by atoms with Gasteiger partial charge in [-0.15, -0.1) is 11.8 Å². The first kappa shape index (κ1) is 20.1. The molecule has 1 spiro atoms. The number of carbonyl (C=O) groups is 3. The molecule has 4 amide bonds. The molecule has 3 aliphatic rings. The van der Waals surface area contributed by atoms with E-state index in [-0.39, 0.29) is 22.9 Å². The van der Waals surface area contributed by atoms with Crippen LogP contribution in [-0.2, 0) is 11.3 Å². The lowest BCUT2D eigenvalue weighted by atomic mass is 10.0. The number of amides is 4. The van der Waals surface area contributed by atoms with E-state index in [9.17, 15) is 14.4 Å². The van der Waals surface area contributed by atoms with Gasteiger partial charge in [-0.25, -0.2) is 9.69 Å². The average Bonchev–Trinajstić information content (AvgIpc) is 3.27. The topological polar surface area (TPSA) is 87.0 Å². The minimum Gasteiger partial charge on any atom is -0.366 e. The van der Waals surface area contributed by atoms with E-state index in [0.29, 0.717) is 17.0 Å². The Hall–Kier alpha value is -2.84. The van der Waals surface area contributed by atoms with Crippen molar-refractivity contribution in [3.8, 4) is 0 Å². The Morgan fingerprint density at radius 1 is 1.03 bits per heavy atom. The number of nitrogens with zero attached hydrogens (tertiary/aromatic N) is 3. The molecule has 0 radical (unpaired) electrons. The van der Waals surface area contributed by atoms with Gasteiger partial charge in [0.05, 0.1) is 10.6 Å². The number of urea groups is 1. The number of hydrogen-bond donors (Lipinski definition) is 1. The Morgan fingerprint density at radius 3 is 2.35 bits per heavy atom. The van der Waals surface area contributed by atoms with Gasteiger partial charge in [-0.05, 0) is 42.7 Å². The molecule has 2 N–H and O–H groups in total. The van der Waals surface area contributed by atoms with E-state index in [4.69, 9.17) is 5.73 Å². The molecule has 3 aliphatic heterocycles. The fraction of sp³-hybridized carbons (Fsp3) is 0.348. The van der Waals surface area contributed by atoms with Crippen LogP contribution in [-0.4, -0.2) is 57.4 Å². The maximum absolute atomic E-state index is 13.3. The number of imide groups is 1. The van der Waals surface area contributed by atoms with Crippen LogP contribution in [0.2, 0.25) is 0 Å². The smallest absolute Gasteiger partial charge is 0.333 e. The highest BCUT2D eigenvalue weighted by molar-refractivity contribution is 8.01. The molecule has 3 fully saturated rings.